The lowest BCUT2D eigenvalue weighted by Gasteiger charge is -2.16. The maximum Gasteiger partial charge on any atom is 0.338 e. The number of rotatable bonds is 6. The van der Waals surface area contributed by atoms with Gasteiger partial charge in [0.05, 0.1) is 11.3 Å². The maximum absolute atomic E-state index is 12.4. The Kier molecular flexibility index (Phi) is 7.14. The van der Waals surface area contributed by atoms with E-state index in [-0.39, 0.29) is 11.8 Å². The van der Waals surface area contributed by atoms with Crippen molar-refractivity contribution in [1.29, 1.82) is 0 Å². The molecular formula is C21H26N2O4S. The second-order valence-corrected chi connectivity index (χ2v) is 8.19. The fourth-order valence-electron chi connectivity index (χ4n) is 3.25. The summed E-state index contributed by atoms with van der Waals surface area (Å²) in [4.78, 5) is 37.2. The van der Waals surface area contributed by atoms with Crippen LogP contribution in [0.1, 0.15) is 55.8 Å². The molecule has 1 aliphatic carbocycles. The van der Waals surface area contributed by atoms with Gasteiger partial charge < -0.3 is 15.4 Å². The first-order chi connectivity index (χ1) is 13.5. The predicted molar refractivity (Wildman–Crippen MR) is 109 cm³/mol. The van der Waals surface area contributed by atoms with Crippen molar-refractivity contribution in [2.75, 3.05) is 17.6 Å². The van der Waals surface area contributed by atoms with E-state index in [4.69, 9.17) is 4.74 Å². The van der Waals surface area contributed by atoms with Gasteiger partial charge in [0.1, 0.15) is 0 Å². The molecule has 0 saturated heterocycles. The van der Waals surface area contributed by atoms with Crippen molar-refractivity contribution in [1.82, 2.24) is 5.32 Å². The van der Waals surface area contributed by atoms with E-state index in [1.807, 2.05) is 0 Å². The molecule has 2 amide bonds. The molecule has 1 aliphatic heterocycles. The van der Waals surface area contributed by atoms with E-state index < -0.39 is 12.1 Å². The monoisotopic (exact) mass is 402 g/mol. The van der Waals surface area contributed by atoms with Crippen LogP contribution in [0.5, 0.6) is 0 Å². The molecule has 3 rings (SSSR count). The lowest BCUT2D eigenvalue weighted by molar-refractivity contribution is -0.129. The van der Waals surface area contributed by atoms with Gasteiger partial charge in [-0.15, -0.1) is 11.8 Å². The van der Waals surface area contributed by atoms with Crippen LogP contribution in [0.25, 0.3) is 0 Å². The average molecular weight is 403 g/mol. The first-order valence-corrected chi connectivity index (χ1v) is 10.7. The summed E-state index contributed by atoms with van der Waals surface area (Å²) in [5.41, 5.74) is 2.31. The zero-order valence-corrected chi connectivity index (χ0v) is 16.9. The van der Waals surface area contributed by atoms with E-state index in [9.17, 15) is 14.4 Å². The maximum atomic E-state index is 12.4. The van der Waals surface area contributed by atoms with Crippen molar-refractivity contribution in [2.45, 2.75) is 56.4 Å². The minimum absolute atomic E-state index is 0.0717. The van der Waals surface area contributed by atoms with Crippen molar-refractivity contribution >= 4 is 35.2 Å². The Bertz CT molecular complexity index is 791. The molecule has 0 unspecified atom stereocenters. The number of nitrogens with one attached hydrogen (secondary N) is 2. The topological polar surface area (TPSA) is 84.5 Å². The molecule has 1 heterocycles. The predicted octanol–water partition coefficient (Wildman–Crippen LogP) is 3.67. The van der Waals surface area contributed by atoms with Crippen LogP contribution in [-0.2, 0) is 14.3 Å². The van der Waals surface area contributed by atoms with Gasteiger partial charge in [0.25, 0.3) is 5.91 Å². The molecule has 1 aromatic carbocycles. The number of carbonyl (C=O) groups excluding carboxylic acids is 3. The number of allylic oxidation sites excluding steroid dienone is 1. The average Bonchev–Trinajstić information content (AvgIpc) is 2.88. The first kappa shape index (κ1) is 20.5. The van der Waals surface area contributed by atoms with Gasteiger partial charge in [0.2, 0.25) is 5.91 Å². The fourth-order valence-corrected chi connectivity index (χ4v) is 4.19. The van der Waals surface area contributed by atoms with Crippen LogP contribution in [0.15, 0.2) is 34.7 Å². The highest BCUT2D eigenvalue weighted by molar-refractivity contribution is 7.99. The molecule has 150 valence electrons. The van der Waals surface area contributed by atoms with Crippen LogP contribution in [-0.4, -0.2) is 36.2 Å². The number of fused-ring (bicyclic) bond motifs is 1. The normalized spacial score (nSPS) is 17.5. The molecule has 1 atom stereocenters. The molecule has 28 heavy (non-hydrogen) atoms. The van der Waals surface area contributed by atoms with Gasteiger partial charge in [-0.05, 0) is 57.2 Å². The number of hydrogen-bond acceptors (Lipinski definition) is 5. The molecule has 0 saturated carbocycles. The summed E-state index contributed by atoms with van der Waals surface area (Å²) in [6.07, 6.45) is 7.35. The van der Waals surface area contributed by atoms with Crippen molar-refractivity contribution < 1.29 is 19.1 Å². The summed E-state index contributed by atoms with van der Waals surface area (Å²) in [5.74, 6) is -0.249. The molecule has 0 spiro atoms. The lowest BCUT2D eigenvalue weighted by atomic mass is 9.97. The van der Waals surface area contributed by atoms with E-state index in [1.54, 1.807) is 36.9 Å². The molecular weight excluding hydrogens is 376 g/mol. The Balaban J connectivity index is 1.51. The zero-order valence-electron chi connectivity index (χ0n) is 16.1. The third-order valence-electron chi connectivity index (χ3n) is 4.86. The number of ether oxygens (including phenoxy) is 1. The van der Waals surface area contributed by atoms with Crippen molar-refractivity contribution in [3.8, 4) is 0 Å². The molecule has 0 aromatic heterocycles. The summed E-state index contributed by atoms with van der Waals surface area (Å²) in [7, 11) is 0. The minimum Gasteiger partial charge on any atom is -0.449 e. The summed E-state index contributed by atoms with van der Waals surface area (Å²) < 4.78 is 5.30. The Morgan fingerprint density at radius 3 is 2.93 bits per heavy atom. The number of carbonyl (C=O) groups is 3. The van der Waals surface area contributed by atoms with Crippen molar-refractivity contribution in [3.05, 3.63) is 35.4 Å². The van der Waals surface area contributed by atoms with E-state index in [0.717, 1.165) is 24.2 Å². The highest BCUT2D eigenvalue weighted by Gasteiger charge is 2.21. The van der Waals surface area contributed by atoms with Gasteiger partial charge >= 0.3 is 5.97 Å². The molecule has 0 radical (unpaired) electrons. The molecule has 7 heteroatoms. The van der Waals surface area contributed by atoms with Crippen LogP contribution in [0.3, 0.4) is 0 Å². The van der Waals surface area contributed by atoms with Crippen LogP contribution in [0, 0.1) is 0 Å². The standard InChI is InChI=1S/C21H26N2O4S/c1-14(20(25)22-11-9-15-5-3-2-4-6-15)27-21(26)16-7-8-18-17(13-16)23-19(24)10-12-28-18/h5,7-8,13-14H,2-4,6,9-12H2,1H3,(H,22,25)(H,23,24)/t14-/m0/s1. The second-order valence-electron chi connectivity index (χ2n) is 7.05. The molecule has 1 aromatic rings. The van der Waals surface area contributed by atoms with E-state index in [1.165, 1.54) is 18.4 Å². The van der Waals surface area contributed by atoms with Crippen molar-refractivity contribution in [3.63, 3.8) is 0 Å². The first-order valence-electron chi connectivity index (χ1n) is 9.76. The number of thioether (sulfide) groups is 1. The Hall–Kier alpha value is -2.28. The van der Waals surface area contributed by atoms with Gasteiger partial charge in [-0.1, -0.05) is 11.6 Å². The highest BCUT2D eigenvalue weighted by Crippen LogP contribution is 2.31. The Morgan fingerprint density at radius 2 is 2.14 bits per heavy atom. The van der Waals surface area contributed by atoms with Crippen LogP contribution in [0.2, 0.25) is 0 Å². The molecule has 2 aliphatic rings. The molecule has 6 nitrogen and oxygen atoms in total. The fraction of sp³-hybridized carbons (Fsp3) is 0.476. The summed E-state index contributed by atoms with van der Waals surface area (Å²) in [6, 6.07) is 5.06. The van der Waals surface area contributed by atoms with Gasteiger partial charge in [-0.3, -0.25) is 9.59 Å². The van der Waals surface area contributed by atoms with Crippen LogP contribution in [0.4, 0.5) is 5.69 Å². The number of esters is 1. The number of benzene rings is 1. The number of anilines is 1. The SMILES string of the molecule is C[C@H](OC(=O)c1ccc2c(c1)NC(=O)CCS2)C(=O)NCCC1=CCCCC1. The summed E-state index contributed by atoms with van der Waals surface area (Å²) in [6.45, 7) is 2.11. The van der Waals surface area contributed by atoms with E-state index in [0.29, 0.717) is 30.0 Å². The lowest BCUT2D eigenvalue weighted by Crippen LogP contribution is -2.36. The van der Waals surface area contributed by atoms with Crippen molar-refractivity contribution in [2.24, 2.45) is 0 Å². The van der Waals surface area contributed by atoms with Crippen LogP contribution >= 0.6 is 11.8 Å². The Labute approximate surface area is 169 Å². The highest BCUT2D eigenvalue weighted by atomic mass is 32.2. The molecule has 2 N–H and O–H groups in total. The molecule has 0 bridgehead atoms. The smallest absolute Gasteiger partial charge is 0.338 e. The van der Waals surface area contributed by atoms with Gasteiger partial charge in [0.15, 0.2) is 6.10 Å². The zero-order chi connectivity index (χ0) is 19.9. The quantitative estimate of drug-likeness (QED) is 0.560. The third-order valence-corrected chi connectivity index (χ3v) is 5.93. The summed E-state index contributed by atoms with van der Waals surface area (Å²) in [5, 5.41) is 5.63. The van der Waals surface area contributed by atoms with E-state index >= 15 is 0 Å². The minimum atomic E-state index is -0.879. The summed E-state index contributed by atoms with van der Waals surface area (Å²) >= 11 is 1.57. The van der Waals surface area contributed by atoms with Gasteiger partial charge in [-0.2, -0.15) is 0 Å². The number of hydrogen-bond donors (Lipinski definition) is 2. The van der Waals surface area contributed by atoms with Gasteiger partial charge in [-0.25, -0.2) is 4.79 Å². The number of amides is 2. The largest absolute Gasteiger partial charge is 0.449 e. The van der Waals surface area contributed by atoms with Gasteiger partial charge in [0, 0.05) is 23.6 Å². The second kappa shape index (κ2) is 9.78. The third kappa shape index (κ3) is 5.61. The van der Waals surface area contributed by atoms with E-state index in [2.05, 4.69) is 16.7 Å². The Morgan fingerprint density at radius 1 is 1.29 bits per heavy atom. The molecule has 0 fully saturated rings. The van der Waals surface area contributed by atoms with Crippen LogP contribution < -0.4 is 10.6 Å².